The van der Waals surface area contributed by atoms with Crippen LogP contribution in [0.5, 0.6) is 0 Å². The van der Waals surface area contributed by atoms with Crippen LogP contribution in [-0.2, 0) is 19.1 Å². The van der Waals surface area contributed by atoms with E-state index in [1.165, 1.54) is 64.2 Å². The Labute approximate surface area is 283 Å². The van der Waals surface area contributed by atoms with Gasteiger partial charge in [0.25, 0.3) is 0 Å². The maximum atomic E-state index is 12.1. The first-order valence-corrected chi connectivity index (χ1v) is 18.8. The highest BCUT2D eigenvalue weighted by Crippen LogP contribution is 2.13. The van der Waals surface area contributed by atoms with E-state index in [1.807, 2.05) is 0 Å². The number of rotatable bonds is 33. The average molecular weight is 643 g/mol. The Hall–Kier alpha value is -2.40. The maximum Gasteiger partial charge on any atom is 0.306 e. The van der Waals surface area contributed by atoms with Gasteiger partial charge in [-0.3, -0.25) is 9.59 Å². The van der Waals surface area contributed by atoms with Crippen molar-refractivity contribution in [3.8, 4) is 0 Å². The van der Waals surface area contributed by atoms with Gasteiger partial charge in [0.1, 0.15) is 6.61 Å². The fraction of sp³-hybridized carbons (Fsp3) is 0.707. The first kappa shape index (κ1) is 43.6. The summed E-state index contributed by atoms with van der Waals surface area (Å²) in [7, 11) is 0. The fourth-order valence-electron chi connectivity index (χ4n) is 4.99. The lowest BCUT2D eigenvalue weighted by atomic mass is 10.0. The summed E-state index contributed by atoms with van der Waals surface area (Å²) in [5, 5.41) is 9.53. The molecule has 0 aliphatic rings. The molecule has 46 heavy (non-hydrogen) atoms. The third kappa shape index (κ3) is 34.5. The largest absolute Gasteiger partial charge is 0.462 e. The monoisotopic (exact) mass is 643 g/mol. The Balaban J connectivity index is 3.65. The van der Waals surface area contributed by atoms with Crippen molar-refractivity contribution < 1.29 is 24.2 Å². The third-order valence-corrected chi connectivity index (χ3v) is 7.83. The van der Waals surface area contributed by atoms with Crippen molar-refractivity contribution in [3.63, 3.8) is 0 Å². The quantitative estimate of drug-likeness (QED) is 0.0438. The van der Waals surface area contributed by atoms with Gasteiger partial charge in [-0.15, -0.1) is 0 Å². The molecule has 1 atom stereocenters. The van der Waals surface area contributed by atoms with Crippen molar-refractivity contribution in [2.45, 2.75) is 174 Å². The van der Waals surface area contributed by atoms with Crippen LogP contribution in [0.25, 0.3) is 0 Å². The summed E-state index contributed by atoms with van der Waals surface area (Å²) < 4.78 is 10.6. The molecule has 0 aromatic heterocycles. The first-order chi connectivity index (χ1) is 22.6. The predicted molar refractivity (Wildman–Crippen MR) is 196 cm³/mol. The van der Waals surface area contributed by atoms with Gasteiger partial charge in [-0.25, -0.2) is 0 Å². The molecule has 0 saturated heterocycles. The number of carbonyl (C=O) groups excluding carboxylic acids is 2. The van der Waals surface area contributed by atoms with Crippen molar-refractivity contribution in [2.24, 2.45) is 0 Å². The minimum Gasteiger partial charge on any atom is -0.462 e. The van der Waals surface area contributed by atoms with Gasteiger partial charge < -0.3 is 14.6 Å². The smallest absolute Gasteiger partial charge is 0.306 e. The number of aliphatic hydroxyl groups excluding tert-OH is 1. The zero-order valence-electron chi connectivity index (χ0n) is 29.8. The summed E-state index contributed by atoms with van der Waals surface area (Å²) in [5.41, 5.74) is 0. The third-order valence-electron chi connectivity index (χ3n) is 7.83. The summed E-state index contributed by atoms with van der Waals surface area (Å²) >= 11 is 0. The number of aliphatic hydroxyl groups is 1. The number of hydrogen-bond donors (Lipinski definition) is 1. The summed E-state index contributed by atoms with van der Waals surface area (Å²) in [6.07, 6.45) is 47.0. The van der Waals surface area contributed by atoms with Gasteiger partial charge in [-0.05, 0) is 57.8 Å². The van der Waals surface area contributed by atoms with Crippen LogP contribution in [0.15, 0.2) is 60.8 Å². The van der Waals surface area contributed by atoms with E-state index in [2.05, 4.69) is 74.6 Å². The second-order valence-electron chi connectivity index (χ2n) is 12.3. The molecule has 0 saturated carbocycles. The second kappa shape index (κ2) is 37.1. The Bertz CT molecular complexity index is 823. The van der Waals surface area contributed by atoms with Crippen molar-refractivity contribution in [1.82, 2.24) is 0 Å². The number of ether oxygens (including phenoxy) is 2. The Morgan fingerprint density at radius 2 is 0.935 bits per heavy atom. The lowest BCUT2D eigenvalue weighted by Crippen LogP contribution is -2.28. The molecule has 0 unspecified atom stereocenters. The van der Waals surface area contributed by atoms with E-state index in [0.717, 1.165) is 77.0 Å². The lowest BCUT2D eigenvalue weighted by Gasteiger charge is -2.15. The second-order valence-corrected chi connectivity index (χ2v) is 12.3. The first-order valence-electron chi connectivity index (χ1n) is 18.8. The molecule has 0 aliphatic heterocycles. The highest BCUT2D eigenvalue weighted by Gasteiger charge is 2.16. The van der Waals surface area contributed by atoms with Crippen molar-refractivity contribution in [3.05, 3.63) is 60.8 Å². The normalized spacial score (nSPS) is 12.8. The molecule has 5 nitrogen and oxygen atoms in total. The highest BCUT2D eigenvalue weighted by molar-refractivity contribution is 5.70. The summed E-state index contributed by atoms with van der Waals surface area (Å²) in [6.45, 7) is 3.98. The molecule has 0 heterocycles. The topological polar surface area (TPSA) is 72.8 Å². The van der Waals surface area contributed by atoms with E-state index in [1.54, 1.807) is 0 Å². The molecule has 0 amide bonds. The molecule has 0 aromatic rings. The van der Waals surface area contributed by atoms with Gasteiger partial charge >= 0.3 is 11.9 Å². The van der Waals surface area contributed by atoms with E-state index < -0.39 is 6.10 Å². The maximum absolute atomic E-state index is 12.1. The number of allylic oxidation sites excluding steroid dienone is 10. The zero-order valence-corrected chi connectivity index (χ0v) is 29.8. The van der Waals surface area contributed by atoms with Crippen LogP contribution >= 0.6 is 0 Å². The van der Waals surface area contributed by atoms with Gasteiger partial charge in [0.05, 0.1) is 6.61 Å². The van der Waals surface area contributed by atoms with Gasteiger partial charge in [0.2, 0.25) is 0 Å². The molecule has 1 N–H and O–H groups in total. The molecule has 264 valence electrons. The van der Waals surface area contributed by atoms with Crippen LogP contribution in [0, 0.1) is 0 Å². The van der Waals surface area contributed by atoms with Crippen LogP contribution in [-0.4, -0.2) is 36.4 Å². The van der Waals surface area contributed by atoms with Crippen LogP contribution in [0.1, 0.15) is 168 Å². The molecule has 0 aliphatic carbocycles. The Morgan fingerprint density at radius 1 is 0.522 bits per heavy atom. The number of carbonyl (C=O) groups is 2. The zero-order chi connectivity index (χ0) is 33.6. The summed E-state index contributed by atoms with van der Waals surface area (Å²) in [5.74, 6) is -0.630. The number of esters is 2. The molecule has 0 radical (unpaired) electrons. The molecular weight excluding hydrogens is 572 g/mol. The minimum atomic E-state index is -0.784. The fourth-order valence-corrected chi connectivity index (χ4v) is 4.99. The van der Waals surface area contributed by atoms with Gasteiger partial charge in [0.15, 0.2) is 6.10 Å². The average Bonchev–Trinajstić information content (AvgIpc) is 3.06. The van der Waals surface area contributed by atoms with E-state index in [0.29, 0.717) is 12.8 Å². The van der Waals surface area contributed by atoms with E-state index in [-0.39, 0.29) is 25.2 Å². The van der Waals surface area contributed by atoms with Crippen molar-refractivity contribution >= 4 is 11.9 Å². The van der Waals surface area contributed by atoms with E-state index in [4.69, 9.17) is 9.47 Å². The molecule has 0 bridgehead atoms. The van der Waals surface area contributed by atoms with E-state index >= 15 is 0 Å². The standard InChI is InChI=1S/C41H70O5/c1-3-5-7-9-11-13-15-17-18-19-20-21-22-24-25-27-29-31-33-35-40(43)45-38-39(37-42)46-41(44)36-34-32-30-28-26-23-16-14-12-10-8-6-4-2/h5,7,11,13,17-18,20-21,24-25,39,42H,3-4,6,8-10,12,14-16,19,22-23,26-38H2,1-2H3/b7-5+,13-11+,18-17+,21-20+,25-24+/t39-/m0/s1. The number of hydrogen-bond acceptors (Lipinski definition) is 5. The predicted octanol–water partition coefficient (Wildman–Crippen LogP) is 11.6. The van der Waals surface area contributed by atoms with Crippen LogP contribution in [0.4, 0.5) is 0 Å². The Kier molecular flexibility index (Phi) is 35.1. The summed E-state index contributed by atoms with van der Waals surface area (Å²) in [4.78, 5) is 24.2. The van der Waals surface area contributed by atoms with E-state index in [9.17, 15) is 14.7 Å². The van der Waals surface area contributed by atoms with Crippen LogP contribution in [0.2, 0.25) is 0 Å². The number of unbranched alkanes of at least 4 members (excludes halogenated alkanes) is 15. The molecular formula is C41H70O5. The SMILES string of the molecule is CC/C=C/C/C=C/C/C=C/C/C=C/C/C=C/CCCCCC(=O)OC[C@H](CO)OC(=O)CCCCCCCCCCCCCCC. The van der Waals surface area contributed by atoms with Crippen molar-refractivity contribution in [1.29, 1.82) is 0 Å². The molecule has 5 heteroatoms. The van der Waals surface area contributed by atoms with Crippen LogP contribution in [0.3, 0.4) is 0 Å². The highest BCUT2D eigenvalue weighted by atomic mass is 16.6. The van der Waals surface area contributed by atoms with Gasteiger partial charge in [-0.2, -0.15) is 0 Å². The van der Waals surface area contributed by atoms with Gasteiger partial charge in [0, 0.05) is 12.8 Å². The molecule has 0 aromatic carbocycles. The minimum absolute atomic E-state index is 0.0836. The molecule has 0 fully saturated rings. The Morgan fingerprint density at radius 3 is 1.41 bits per heavy atom. The molecule has 0 rings (SSSR count). The van der Waals surface area contributed by atoms with Crippen LogP contribution < -0.4 is 0 Å². The lowest BCUT2D eigenvalue weighted by molar-refractivity contribution is -0.161. The summed E-state index contributed by atoms with van der Waals surface area (Å²) in [6, 6.07) is 0. The molecule has 0 spiro atoms. The van der Waals surface area contributed by atoms with Crippen molar-refractivity contribution in [2.75, 3.05) is 13.2 Å². The van der Waals surface area contributed by atoms with Gasteiger partial charge in [-0.1, -0.05) is 158 Å².